The maximum atomic E-state index is 13.6. The van der Waals surface area contributed by atoms with E-state index in [1.807, 2.05) is 36.4 Å². The topological polar surface area (TPSA) is 58.7 Å². The summed E-state index contributed by atoms with van der Waals surface area (Å²) in [6.45, 7) is 0. The number of fused-ring (bicyclic) bond motifs is 2. The van der Waals surface area contributed by atoms with E-state index in [2.05, 4.69) is 10.1 Å². The summed E-state index contributed by atoms with van der Waals surface area (Å²) in [6.07, 6.45) is 2.98. The molecule has 7 heteroatoms. The highest BCUT2D eigenvalue weighted by Crippen LogP contribution is 2.31. The Morgan fingerprint density at radius 3 is 2.73 bits per heavy atom. The van der Waals surface area contributed by atoms with E-state index < -0.39 is 0 Å². The molecule has 0 aliphatic heterocycles. The second-order valence-corrected chi connectivity index (χ2v) is 7.56. The highest BCUT2D eigenvalue weighted by atomic mass is 32.1. The number of hydrogen-bond acceptors (Lipinski definition) is 5. The van der Waals surface area contributed by atoms with Crippen molar-refractivity contribution in [1.29, 1.82) is 0 Å². The Kier molecular flexibility index (Phi) is 4.57. The van der Waals surface area contributed by atoms with Crippen LogP contribution in [0.4, 0.5) is 9.52 Å². The van der Waals surface area contributed by atoms with Crippen molar-refractivity contribution >= 4 is 49.6 Å². The minimum absolute atomic E-state index is 0.344. The quantitative estimate of drug-likeness (QED) is 0.273. The number of hydrogen-bond donors (Lipinski definition) is 0. The molecule has 2 aromatic heterocycles. The predicted octanol–water partition coefficient (Wildman–Crippen LogP) is 5.86. The van der Waals surface area contributed by atoms with Crippen molar-refractivity contribution in [2.45, 2.75) is 0 Å². The van der Waals surface area contributed by atoms with Gasteiger partial charge in [0.15, 0.2) is 0 Å². The fourth-order valence-electron chi connectivity index (χ4n) is 3.09. The molecule has 30 heavy (non-hydrogen) atoms. The van der Waals surface area contributed by atoms with Crippen molar-refractivity contribution in [3.8, 4) is 0 Å². The maximum Gasteiger partial charge on any atom is 0.280 e. The third kappa shape index (κ3) is 3.46. The molecule has 0 unspecified atom stereocenters. The van der Waals surface area contributed by atoms with Gasteiger partial charge in [0.1, 0.15) is 11.6 Å². The Bertz CT molecular complexity index is 1390. The van der Waals surface area contributed by atoms with Crippen LogP contribution < -0.4 is 5.01 Å². The van der Waals surface area contributed by atoms with Crippen LogP contribution in [0.15, 0.2) is 88.6 Å². The molecule has 5 rings (SSSR count). The van der Waals surface area contributed by atoms with Crippen LogP contribution in [0.1, 0.15) is 16.1 Å². The highest BCUT2D eigenvalue weighted by molar-refractivity contribution is 7.22. The number of carbonyl (C=O) groups excluding carboxylic acids is 1. The molecule has 3 aromatic carbocycles. The molecule has 1 amide bonds. The number of aromatic nitrogens is 1. The van der Waals surface area contributed by atoms with Gasteiger partial charge in [-0.15, -0.1) is 0 Å². The van der Waals surface area contributed by atoms with E-state index in [0.717, 1.165) is 10.8 Å². The summed E-state index contributed by atoms with van der Waals surface area (Å²) in [5.74, 6) is -0.203. The van der Waals surface area contributed by atoms with Crippen molar-refractivity contribution in [2.75, 3.05) is 5.01 Å². The molecule has 0 atom stereocenters. The molecule has 0 N–H and O–H groups in total. The van der Waals surface area contributed by atoms with Crippen LogP contribution >= 0.6 is 11.3 Å². The van der Waals surface area contributed by atoms with Gasteiger partial charge in [-0.2, -0.15) is 10.1 Å². The summed E-state index contributed by atoms with van der Waals surface area (Å²) in [7, 11) is 0. The normalized spacial score (nSPS) is 11.5. The molecule has 0 saturated heterocycles. The lowest BCUT2D eigenvalue weighted by Gasteiger charge is -2.14. The van der Waals surface area contributed by atoms with Crippen molar-refractivity contribution in [2.24, 2.45) is 5.10 Å². The monoisotopic (exact) mass is 415 g/mol. The third-order valence-corrected chi connectivity index (χ3v) is 5.55. The Hall–Kier alpha value is -3.84. The molecule has 0 aliphatic carbocycles. The first-order valence-corrected chi connectivity index (χ1v) is 9.96. The molecule has 0 spiro atoms. The van der Waals surface area contributed by atoms with E-state index in [4.69, 9.17) is 4.42 Å². The van der Waals surface area contributed by atoms with E-state index in [9.17, 15) is 9.18 Å². The van der Waals surface area contributed by atoms with Gasteiger partial charge in [0, 0.05) is 5.56 Å². The smallest absolute Gasteiger partial charge is 0.280 e. The maximum absolute atomic E-state index is 13.6. The molecule has 0 bridgehead atoms. The number of benzene rings is 3. The zero-order valence-electron chi connectivity index (χ0n) is 15.5. The first-order chi connectivity index (χ1) is 14.7. The molecule has 146 valence electrons. The predicted molar refractivity (Wildman–Crippen MR) is 117 cm³/mol. The first kappa shape index (κ1) is 18.2. The van der Waals surface area contributed by atoms with Gasteiger partial charge in [-0.1, -0.05) is 41.7 Å². The number of amides is 1. The van der Waals surface area contributed by atoms with Crippen LogP contribution in [-0.4, -0.2) is 17.1 Å². The number of halogens is 1. The van der Waals surface area contributed by atoms with Gasteiger partial charge in [0.25, 0.3) is 5.91 Å². The summed E-state index contributed by atoms with van der Waals surface area (Å²) in [5.41, 5.74) is 1.07. The van der Waals surface area contributed by atoms with Crippen LogP contribution in [0.3, 0.4) is 0 Å². The molecule has 0 radical (unpaired) electrons. The van der Waals surface area contributed by atoms with E-state index >= 15 is 0 Å². The van der Waals surface area contributed by atoms with E-state index in [1.54, 1.807) is 24.3 Å². The number of furan rings is 1. The highest BCUT2D eigenvalue weighted by Gasteiger charge is 2.21. The lowest BCUT2D eigenvalue weighted by atomic mass is 10.1. The zero-order valence-corrected chi connectivity index (χ0v) is 16.3. The van der Waals surface area contributed by atoms with Crippen molar-refractivity contribution in [3.05, 3.63) is 96.2 Å². The number of anilines is 1. The van der Waals surface area contributed by atoms with Gasteiger partial charge in [-0.3, -0.25) is 4.79 Å². The lowest BCUT2D eigenvalue weighted by Crippen LogP contribution is -2.25. The van der Waals surface area contributed by atoms with Gasteiger partial charge in [0.05, 0.1) is 22.7 Å². The molecule has 2 heterocycles. The number of hydrazone groups is 1. The van der Waals surface area contributed by atoms with Crippen molar-refractivity contribution < 1.29 is 13.6 Å². The molecule has 0 aliphatic rings. The third-order valence-electron chi connectivity index (χ3n) is 4.55. The van der Waals surface area contributed by atoms with E-state index in [-0.39, 0.29) is 11.7 Å². The second-order valence-electron chi connectivity index (χ2n) is 6.55. The SMILES string of the molecule is O=C(c1ccc2ccccc2c1)N(/N=C/c1ccco1)c1nc2ccc(F)cc2s1. The Labute approximate surface area is 174 Å². The average Bonchev–Trinajstić information content (AvgIpc) is 3.43. The minimum Gasteiger partial charge on any atom is -0.463 e. The van der Waals surface area contributed by atoms with E-state index in [0.29, 0.717) is 26.7 Å². The molecule has 5 nitrogen and oxygen atoms in total. The summed E-state index contributed by atoms with van der Waals surface area (Å²) in [4.78, 5) is 17.8. The van der Waals surface area contributed by atoms with Crippen LogP contribution in [0, 0.1) is 5.82 Å². The molecular formula is C23H14FN3O2S. The summed E-state index contributed by atoms with van der Waals surface area (Å²) in [6, 6.07) is 21.1. The van der Waals surface area contributed by atoms with Crippen LogP contribution in [0.2, 0.25) is 0 Å². The Morgan fingerprint density at radius 2 is 1.90 bits per heavy atom. The first-order valence-electron chi connectivity index (χ1n) is 9.14. The van der Waals surface area contributed by atoms with E-state index in [1.165, 1.54) is 41.0 Å². The summed E-state index contributed by atoms with van der Waals surface area (Å²) in [5, 5.41) is 7.88. The standard InChI is InChI=1S/C23H14FN3O2S/c24-18-9-10-20-21(13-18)30-23(26-20)27(25-14-19-6-3-11-29-19)22(28)17-8-7-15-4-1-2-5-16(15)12-17/h1-14H/b25-14+. The average molecular weight is 415 g/mol. The van der Waals surface area contributed by atoms with Crippen LogP contribution in [-0.2, 0) is 0 Å². The number of rotatable bonds is 4. The van der Waals surface area contributed by atoms with Crippen molar-refractivity contribution in [1.82, 2.24) is 4.98 Å². The van der Waals surface area contributed by atoms with Gasteiger partial charge < -0.3 is 4.42 Å². The molecule has 0 saturated carbocycles. The lowest BCUT2D eigenvalue weighted by molar-refractivity contribution is 0.0988. The Morgan fingerprint density at radius 1 is 1.03 bits per heavy atom. The molecular weight excluding hydrogens is 401 g/mol. The second kappa shape index (κ2) is 7.53. The van der Waals surface area contributed by atoms with Gasteiger partial charge in [0.2, 0.25) is 5.13 Å². The largest absolute Gasteiger partial charge is 0.463 e. The molecule has 0 fully saturated rings. The van der Waals surface area contributed by atoms with Crippen molar-refractivity contribution in [3.63, 3.8) is 0 Å². The van der Waals surface area contributed by atoms with Crippen LogP contribution in [0.25, 0.3) is 21.0 Å². The molecule has 5 aromatic rings. The zero-order chi connectivity index (χ0) is 20.5. The van der Waals surface area contributed by atoms with Gasteiger partial charge >= 0.3 is 0 Å². The minimum atomic E-state index is -0.357. The van der Waals surface area contributed by atoms with Gasteiger partial charge in [-0.05, 0) is 53.2 Å². The Balaban J connectivity index is 1.59. The fraction of sp³-hybridized carbons (Fsp3) is 0. The number of thiazole rings is 1. The van der Waals surface area contributed by atoms with Gasteiger partial charge in [-0.25, -0.2) is 9.37 Å². The fourth-order valence-corrected chi connectivity index (χ4v) is 4.04. The van der Waals surface area contributed by atoms with Crippen LogP contribution in [0.5, 0.6) is 0 Å². The number of nitrogens with zero attached hydrogens (tertiary/aromatic N) is 3. The summed E-state index contributed by atoms with van der Waals surface area (Å²) >= 11 is 1.19. The number of carbonyl (C=O) groups is 1. The summed E-state index contributed by atoms with van der Waals surface area (Å²) < 4.78 is 19.5.